The van der Waals surface area contributed by atoms with Crippen molar-refractivity contribution in [3.8, 4) is 0 Å². The zero-order valence-electron chi connectivity index (χ0n) is 6.64. The van der Waals surface area contributed by atoms with Gasteiger partial charge >= 0.3 is 5.51 Å². The van der Waals surface area contributed by atoms with Crippen molar-refractivity contribution >= 4 is 9.73 Å². The van der Waals surface area contributed by atoms with Gasteiger partial charge in [-0.2, -0.15) is 13.2 Å². The summed E-state index contributed by atoms with van der Waals surface area (Å²) in [6.07, 6.45) is 0. The van der Waals surface area contributed by atoms with E-state index in [1.807, 2.05) is 0 Å². The molecule has 0 amide bonds. The van der Waals surface area contributed by atoms with Crippen molar-refractivity contribution < 1.29 is 21.8 Å². The summed E-state index contributed by atoms with van der Waals surface area (Å²) in [5.74, 6) is -0.744. The maximum atomic E-state index is 12.3. The molecule has 2 nitrogen and oxygen atoms in total. The van der Waals surface area contributed by atoms with Gasteiger partial charge in [-0.05, 0) is 24.3 Å². The van der Waals surface area contributed by atoms with Gasteiger partial charge in [0.05, 0.1) is 4.90 Å². The monoisotopic (exact) mass is 227 g/mol. The number of nitrogens with one attached hydrogen (secondary N) is 1. The fourth-order valence-corrected chi connectivity index (χ4v) is 1.55. The van der Waals surface area contributed by atoms with Crippen LogP contribution in [0.5, 0.6) is 0 Å². The van der Waals surface area contributed by atoms with Gasteiger partial charge in [0.1, 0.15) is 5.82 Å². The molecule has 1 atom stereocenters. The average molecular weight is 227 g/mol. The molecule has 0 saturated heterocycles. The van der Waals surface area contributed by atoms with E-state index < -0.39 is 26.0 Å². The Labute approximate surface area is 77.5 Å². The zero-order valence-corrected chi connectivity index (χ0v) is 7.45. The van der Waals surface area contributed by atoms with Crippen molar-refractivity contribution in [2.24, 2.45) is 0 Å². The molecular formula is C7H5F4NOS. The quantitative estimate of drug-likeness (QED) is 0.736. The number of rotatable bonds is 1. The topological polar surface area (TPSA) is 40.9 Å². The van der Waals surface area contributed by atoms with Gasteiger partial charge in [0.2, 0.25) is 0 Å². The summed E-state index contributed by atoms with van der Waals surface area (Å²) in [6, 6.07) is 2.85. The van der Waals surface area contributed by atoms with Gasteiger partial charge in [-0.25, -0.2) is 13.4 Å². The lowest BCUT2D eigenvalue weighted by Gasteiger charge is -2.10. The highest BCUT2D eigenvalue weighted by Crippen LogP contribution is 2.30. The van der Waals surface area contributed by atoms with Crippen LogP contribution in [0.1, 0.15) is 0 Å². The molecule has 0 aliphatic rings. The van der Waals surface area contributed by atoms with Crippen molar-refractivity contribution in [3.63, 3.8) is 0 Å². The summed E-state index contributed by atoms with van der Waals surface area (Å²) in [7, 11) is -4.86. The SMILES string of the molecule is N=[S@@](=O)(c1ccc(F)cc1)C(F)(F)F. The van der Waals surface area contributed by atoms with E-state index in [2.05, 4.69) is 0 Å². The van der Waals surface area contributed by atoms with Crippen LogP contribution in [0.3, 0.4) is 0 Å². The average Bonchev–Trinajstić information content (AvgIpc) is 2.03. The number of hydrogen-bond acceptors (Lipinski definition) is 2. The Morgan fingerprint density at radius 2 is 1.57 bits per heavy atom. The van der Waals surface area contributed by atoms with E-state index in [4.69, 9.17) is 4.78 Å². The van der Waals surface area contributed by atoms with E-state index >= 15 is 0 Å². The molecule has 0 bridgehead atoms. The van der Waals surface area contributed by atoms with Gasteiger partial charge in [-0.3, -0.25) is 0 Å². The third kappa shape index (κ3) is 1.87. The molecule has 78 valence electrons. The van der Waals surface area contributed by atoms with E-state index in [1.54, 1.807) is 0 Å². The van der Waals surface area contributed by atoms with Crippen LogP contribution in [0.4, 0.5) is 17.6 Å². The summed E-state index contributed by atoms with van der Waals surface area (Å²) >= 11 is 0. The first-order valence-corrected chi connectivity index (χ1v) is 4.91. The number of alkyl halides is 3. The molecule has 0 fully saturated rings. The minimum atomic E-state index is -5.13. The molecule has 1 aromatic rings. The minimum Gasteiger partial charge on any atom is -0.241 e. The molecule has 7 heteroatoms. The molecular weight excluding hydrogens is 222 g/mol. The van der Waals surface area contributed by atoms with E-state index in [0.29, 0.717) is 12.1 Å². The second kappa shape index (κ2) is 3.23. The van der Waals surface area contributed by atoms with Crippen LogP contribution in [0.15, 0.2) is 29.2 Å². The fraction of sp³-hybridized carbons (Fsp3) is 0.143. The van der Waals surface area contributed by atoms with Crippen molar-refractivity contribution in [2.45, 2.75) is 10.4 Å². The highest BCUT2D eigenvalue weighted by Gasteiger charge is 2.43. The van der Waals surface area contributed by atoms with Crippen molar-refractivity contribution in [3.05, 3.63) is 30.1 Å². The molecule has 0 radical (unpaired) electrons. The van der Waals surface area contributed by atoms with Crippen LogP contribution in [-0.4, -0.2) is 9.72 Å². The Hall–Kier alpha value is -1.11. The van der Waals surface area contributed by atoms with E-state index in [9.17, 15) is 21.8 Å². The second-order valence-corrected chi connectivity index (χ2v) is 4.50. The number of benzene rings is 1. The normalized spacial score (nSPS) is 16.3. The molecule has 0 spiro atoms. The molecule has 0 saturated carbocycles. The van der Waals surface area contributed by atoms with Gasteiger partial charge in [0, 0.05) is 0 Å². The Morgan fingerprint density at radius 3 is 1.93 bits per heavy atom. The number of hydrogen-bond donors (Lipinski definition) is 1. The maximum Gasteiger partial charge on any atom is 0.483 e. The van der Waals surface area contributed by atoms with Gasteiger partial charge in [0.25, 0.3) is 0 Å². The standard InChI is InChI=1S/C7H5F4NOS/c8-5-1-3-6(4-2-5)14(12,13)7(9,10)11/h1-4,12H/t14-/m1/s1. The van der Waals surface area contributed by atoms with Gasteiger partial charge in [-0.15, -0.1) is 0 Å². The first-order chi connectivity index (χ1) is 6.25. The fourth-order valence-electron chi connectivity index (χ4n) is 0.760. The van der Waals surface area contributed by atoms with Gasteiger partial charge in [-0.1, -0.05) is 0 Å². The second-order valence-electron chi connectivity index (χ2n) is 2.46. The zero-order chi connectivity index (χ0) is 11.0. The summed E-state index contributed by atoms with van der Waals surface area (Å²) < 4.78 is 66.1. The van der Waals surface area contributed by atoms with Gasteiger partial charge in [0.15, 0.2) is 9.73 Å². The maximum absolute atomic E-state index is 12.3. The first kappa shape index (κ1) is 11.0. The van der Waals surface area contributed by atoms with Crippen LogP contribution in [0.25, 0.3) is 0 Å². The Kier molecular flexibility index (Phi) is 2.53. The predicted octanol–water partition coefficient (Wildman–Crippen LogP) is 2.75. The summed E-state index contributed by atoms with van der Waals surface area (Å²) in [4.78, 5) is -0.744. The van der Waals surface area contributed by atoms with E-state index in [0.717, 1.165) is 12.1 Å². The molecule has 0 heterocycles. The summed E-state index contributed by atoms with van der Waals surface area (Å²) in [5, 5.41) is 0. The van der Waals surface area contributed by atoms with E-state index in [1.165, 1.54) is 0 Å². The molecule has 0 aliphatic carbocycles. The molecule has 1 N–H and O–H groups in total. The van der Waals surface area contributed by atoms with Crippen molar-refractivity contribution in [1.29, 1.82) is 4.78 Å². The predicted molar refractivity (Wildman–Crippen MR) is 41.6 cm³/mol. The lowest BCUT2D eigenvalue weighted by atomic mass is 10.4. The molecule has 0 unspecified atom stereocenters. The van der Waals surface area contributed by atoms with Crippen LogP contribution < -0.4 is 0 Å². The lowest BCUT2D eigenvalue weighted by Crippen LogP contribution is -2.21. The Morgan fingerprint density at radius 1 is 1.14 bits per heavy atom. The van der Waals surface area contributed by atoms with Crippen molar-refractivity contribution in [2.75, 3.05) is 0 Å². The highest BCUT2D eigenvalue weighted by atomic mass is 32.2. The van der Waals surface area contributed by atoms with Crippen LogP contribution in [0, 0.1) is 10.6 Å². The Balaban J connectivity index is 3.25. The molecule has 0 aromatic heterocycles. The third-order valence-electron chi connectivity index (χ3n) is 1.47. The molecule has 1 aromatic carbocycles. The summed E-state index contributed by atoms with van der Waals surface area (Å²) in [5.41, 5.74) is -5.13. The minimum absolute atomic E-state index is 0.693. The largest absolute Gasteiger partial charge is 0.483 e. The molecule has 0 aliphatic heterocycles. The first-order valence-electron chi connectivity index (χ1n) is 3.36. The summed E-state index contributed by atoms with van der Waals surface area (Å²) in [6.45, 7) is 0. The third-order valence-corrected chi connectivity index (χ3v) is 3.06. The lowest BCUT2D eigenvalue weighted by molar-refractivity contribution is -0.0406. The van der Waals surface area contributed by atoms with Crippen LogP contribution >= 0.6 is 0 Å². The number of halogens is 4. The smallest absolute Gasteiger partial charge is 0.241 e. The van der Waals surface area contributed by atoms with E-state index in [-0.39, 0.29) is 0 Å². The van der Waals surface area contributed by atoms with Crippen LogP contribution in [-0.2, 0) is 9.73 Å². The molecule has 1 rings (SSSR count). The Bertz CT molecular complexity index is 420. The van der Waals surface area contributed by atoms with Gasteiger partial charge < -0.3 is 0 Å². The van der Waals surface area contributed by atoms with Crippen LogP contribution in [0.2, 0.25) is 0 Å². The molecule has 14 heavy (non-hydrogen) atoms. The highest BCUT2D eigenvalue weighted by molar-refractivity contribution is 7.93. The van der Waals surface area contributed by atoms with Crippen molar-refractivity contribution in [1.82, 2.24) is 0 Å².